The second-order valence-electron chi connectivity index (χ2n) is 13.7. The summed E-state index contributed by atoms with van der Waals surface area (Å²) < 4.78 is 4.90. The number of aromatic nitrogens is 2. The van der Waals surface area contributed by atoms with Crippen LogP contribution in [0.3, 0.4) is 0 Å². The lowest BCUT2D eigenvalue weighted by molar-refractivity contribution is 0.852. The normalized spacial score (nSPS) is 16.8. The average Bonchev–Trinajstić information content (AvgIpc) is 3.71. The Balaban J connectivity index is 1.09. The van der Waals surface area contributed by atoms with Crippen molar-refractivity contribution in [1.29, 1.82) is 0 Å². The van der Waals surface area contributed by atoms with E-state index in [2.05, 4.69) is 191 Å². The quantitative estimate of drug-likeness (QED) is 0.177. The van der Waals surface area contributed by atoms with Gasteiger partial charge in [0.15, 0.2) is 0 Å². The second-order valence-corrected chi connectivity index (χ2v) is 13.7. The summed E-state index contributed by atoms with van der Waals surface area (Å²) in [5.74, 6) is 0.708. The molecule has 2 heteroatoms. The molecule has 0 fully saturated rings. The van der Waals surface area contributed by atoms with Crippen LogP contribution in [-0.4, -0.2) is 9.13 Å². The van der Waals surface area contributed by atoms with Crippen LogP contribution in [0.25, 0.3) is 67.4 Å². The molecule has 2 heterocycles. The minimum Gasteiger partial charge on any atom is -0.310 e. The van der Waals surface area contributed by atoms with E-state index in [1.165, 1.54) is 76.9 Å². The molecule has 2 unspecified atom stereocenters. The number of nitrogens with zero attached hydrogens (tertiary/aromatic N) is 2. The van der Waals surface area contributed by atoms with E-state index in [1.807, 2.05) is 0 Å². The highest BCUT2D eigenvalue weighted by atomic mass is 15.0. The summed E-state index contributed by atoms with van der Waals surface area (Å²) in [6, 6.07) is 53.6. The van der Waals surface area contributed by atoms with E-state index in [-0.39, 0.29) is 0 Å². The van der Waals surface area contributed by atoms with Gasteiger partial charge in [-0.1, -0.05) is 134 Å². The standard InChI is InChI=1S/C48H36N2/c1-3-13-33(14-4-1)35-17-11-19-39(29-35)49-45-23-9-7-21-41(45)43-31-37(25-27-47(43)49)38-26-28-48-44(32-38)42-22-8-10-24-46(42)50(48)40-20-12-18-36(30-40)34-15-5-2-6-16-34/h1-15,17-24,26-32,34,37H,16,25H2. The predicted octanol–water partition coefficient (Wildman–Crippen LogP) is 10.7. The van der Waals surface area contributed by atoms with Crippen molar-refractivity contribution in [3.8, 4) is 22.5 Å². The highest BCUT2D eigenvalue weighted by molar-refractivity contribution is 6.09. The topological polar surface area (TPSA) is 9.86 Å². The van der Waals surface area contributed by atoms with Gasteiger partial charge in [-0.25, -0.2) is 0 Å². The molecule has 0 saturated carbocycles. The molecule has 2 atom stereocenters. The van der Waals surface area contributed by atoms with Crippen molar-refractivity contribution in [1.82, 2.24) is 9.13 Å². The van der Waals surface area contributed by atoms with Crippen LogP contribution >= 0.6 is 0 Å². The predicted molar refractivity (Wildman–Crippen MR) is 211 cm³/mol. The van der Waals surface area contributed by atoms with Gasteiger partial charge in [0.2, 0.25) is 0 Å². The number of hydrogen-bond acceptors (Lipinski definition) is 0. The number of hydrogen-bond donors (Lipinski definition) is 0. The smallest absolute Gasteiger partial charge is 0.0541 e. The molecule has 2 nitrogen and oxygen atoms in total. The summed E-state index contributed by atoms with van der Waals surface area (Å²) in [5, 5.41) is 6.52. The fourth-order valence-electron chi connectivity index (χ4n) is 8.36. The van der Waals surface area contributed by atoms with Gasteiger partial charge in [0.05, 0.1) is 16.6 Å². The molecule has 50 heavy (non-hydrogen) atoms. The summed E-state index contributed by atoms with van der Waals surface area (Å²) in [6.45, 7) is 0. The van der Waals surface area contributed by atoms with Crippen molar-refractivity contribution in [2.24, 2.45) is 0 Å². The first-order valence-corrected chi connectivity index (χ1v) is 17.7. The lowest BCUT2D eigenvalue weighted by Gasteiger charge is -2.17. The van der Waals surface area contributed by atoms with Crippen LogP contribution in [0, 0.1) is 0 Å². The molecule has 0 aliphatic heterocycles. The molecular weight excluding hydrogens is 605 g/mol. The summed E-state index contributed by atoms with van der Waals surface area (Å²) in [4.78, 5) is 0. The lowest BCUT2D eigenvalue weighted by atomic mass is 9.90. The van der Waals surface area contributed by atoms with E-state index in [0.29, 0.717) is 11.8 Å². The van der Waals surface area contributed by atoms with Gasteiger partial charge in [-0.2, -0.15) is 0 Å². The Hall–Kier alpha value is -6.12. The molecule has 0 radical (unpaired) electrons. The van der Waals surface area contributed by atoms with Crippen LogP contribution in [0.4, 0.5) is 0 Å². The second kappa shape index (κ2) is 11.8. The third-order valence-corrected chi connectivity index (χ3v) is 10.8. The van der Waals surface area contributed by atoms with Crippen molar-refractivity contribution < 1.29 is 0 Å². The molecule has 0 saturated heterocycles. The molecule has 2 aromatic heterocycles. The van der Waals surface area contributed by atoms with E-state index in [1.54, 1.807) is 0 Å². The molecule has 0 spiro atoms. The molecule has 238 valence electrons. The third kappa shape index (κ3) is 4.71. The zero-order valence-corrected chi connectivity index (χ0v) is 27.8. The largest absolute Gasteiger partial charge is 0.310 e. The first-order chi connectivity index (χ1) is 24.8. The van der Waals surface area contributed by atoms with Crippen LogP contribution in [0.15, 0.2) is 170 Å². The monoisotopic (exact) mass is 640 g/mol. The summed E-state index contributed by atoms with van der Waals surface area (Å²) in [6.07, 6.45) is 15.9. The molecule has 0 amide bonds. The summed E-state index contributed by atoms with van der Waals surface area (Å²) >= 11 is 0. The Morgan fingerprint density at radius 1 is 0.460 bits per heavy atom. The molecular formula is C48H36N2. The number of benzene rings is 6. The fraction of sp³-hybridized carbons (Fsp3) is 0.0833. The van der Waals surface area contributed by atoms with Crippen molar-refractivity contribution in [3.63, 3.8) is 0 Å². The molecule has 8 aromatic rings. The van der Waals surface area contributed by atoms with Crippen LogP contribution in [0.5, 0.6) is 0 Å². The van der Waals surface area contributed by atoms with Crippen LogP contribution in [0.1, 0.15) is 35.8 Å². The van der Waals surface area contributed by atoms with E-state index in [0.717, 1.165) is 12.8 Å². The zero-order valence-electron chi connectivity index (χ0n) is 27.8. The maximum atomic E-state index is 2.52. The minimum atomic E-state index is 0.290. The number of fused-ring (bicyclic) bond motifs is 6. The van der Waals surface area contributed by atoms with Crippen molar-refractivity contribution in [2.45, 2.75) is 24.7 Å². The Labute approximate surface area is 291 Å². The van der Waals surface area contributed by atoms with Crippen LogP contribution in [0.2, 0.25) is 0 Å². The minimum absolute atomic E-state index is 0.290. The molecule has 0 N–H and O–H groups in total. The number of rotatable bonds is 5. The molecule has 10 rings (SSSR count). The van der Waals surface area contributed by atoms with Crippen molar-refractivity contribution >= 4 is 44.9 Å². The SMILES string of the molecule is C1=CCC(c2cccc(-n3c4ccccc4c4cc(C5C=c6c(n(-c7cccc(-c8ccccc8)c7)c7ccccc67)=CC5)ccc43)c2)C=C1. The highest BCUT2D eigenvalue weighted by Crippen LogP contribution is 2.37. The third-order valence-electron chi connectivity index (χ3n) is 10.8. The van der Waals surface area contributed by atoms with Crippen LogP contribution in [-0.2, 0) is 0 Å². The zero-order chi connectivity index (χ0) is 33.0. The maximum absolute atomic E-state index is 2.52. The van der Waals surface area contributed by atoms with E-state index in [4.69, 9.17) is 0 Å². The molecule has 0 bridgehead atoms. The van der Waals surface area contributed by atoms with Gasteiger partial charge in [-0.15, -0.1) is 0 Å². The van der Waals surface area contributed by atoms with E-state index >= 15 is 0 Å². The molecule has 6 aromatic carbocycles. The Morgan fingerprint density at radius 3 is 2.00 bits per heavy atom. The van der Waals surface area contributed by atoms with Gasteiger partial charge in [-0.05, 0) is 83.6 Å². The molecule has 2 aliphatic carbocycles. The average molecular weight is 641 g/mol. The van der Waals surface area contributed by atoms with Gasteiger partial charge in [0, 0.05) is 49.9 Å². The molecule has 2 aliphatic rings. The van der Waals surface area contributed by atoms with Crippen molar-refractivity contribution in [2.75, 3.05) is 0 Å². The van der Waals surface area contributed by atoms with Gasteiger partial charge in [-0.3, -0.25) is 0 Å². The summed E-state index contributed by atoms with van der Waals surface area (Å²) in [7, 11) is 0. The van der Waals surface area contributed by atoms with Gasteiger partial charge in [0.1, 0.15) is 0 Å². The Bertz CT molecular complexity index is 2770. The van der Waals surface area contributed by atoms with Gasteiger partial charge < -0.3 is 9.13 Å². The van der Waals surface area contributed by atoms with E-state index in [9.17, 15) is 0 Å². The van der Waals surface area contributed by atoms with Gasteiger partial charge >= 0.3 is 0 Å². The van der Waals surface area contributed by atoms with E-state index < -0.39 is 0 Å². The fourth-order valence-corrected chi connectivity index (χ4v) is 8.36. The summed E-state index contributed by atoms with van der Waals surface area (Å²) in [5.41, 5.74) is 11.3. The van der Waals surface area contributed by atoms with Crippen LogP contribution < -0.4 is 10.6 Å². The Kier molecular flexibility index (Phi) is 6.80. The highest BCUT2D eigenvalue weighted by Gasteiger charge is 2.20. The van der Waals surface area contributed by atoms with Gasteiger partial charge in [0.25, 0.3) is 0 Å². The van der Waals surface area contributed by atoms with Crippen molar-refractivity contribution in [3.05, 3.63) is 192 Å². The maximum Gasteiger partial charge on any atom is 0.0541 e. The first-order valence-electron chi connectivity index (χ1n) is 17.7. The number of para-hydroxylation sites is 2. The first kappa shape index (κ1) is 28.9. The number of allylic oxidation sites excluding steroid dienone is 4. The Morgan fingerprint density at radius 2 is 1.16 bits per heavy atom. The lowest BCUT2D eigenvalue weighted by Crippen LogP contribution is -2.31.